The summed E-state index contributed by atoms with van der Waals surface area (Å²) in [6, 6.07) is 30.4. The topological polar surface area (TPSA) is 44.5 Å². The van der Waals surface area contributed by atoms with Crippen LogP contribution in [0.1, 0.15) is 76.0 Å². The zero-order chi connectivity index (χ0) is 30.4. The van der Waals surface area contributed by atoms with Crippen molar-refractivity contribution in [1.29, 1.82) is 0 Å². The third-order valence-electron chi connectivity index (χ3n) is 8.32. The van der Waals surface area contributed by atoms with E-state index < -0.39 is 0 Å². The van der Waals surface area contributed by atoms with Gasteiger partial charge in [-0.1, -0.05) is 83.6 Å². The fraction of sp³-hybridized carbons (Fsp3) is 0.263. The molecule has 4 aromatic carbocycles. The molecule has 1 aliphatic heterocycles. The van der Waals surface area contributed by atoms with Crippen LogP contribution < -0.4 is 9.80 Å². The van der Waals surface area contributed by atoms with Crippen molar-refractivity contribution in [2.24, 2.45) is 0 Å². The maximum atomic E-state index is 11.0. The summed E-state index contributed by atoms with van der Waals surface area (Å²) in [6.45, 7) is 15.6. The van der Waals surface area contributed by atoms with Crippen molar-refractivity contribution in [2.45, 2.75) is 59.3 Å². The average Bonchev–Trinajstić information content (AvgIpc) is 3.58. The van der Waals surface area contributed by atoms with Crippen molar-refractivity contribution >= 4 is 17.1 Å². The number of rotatable bonds is 7. The van der Waals surface area contributed by atoms with Gasteiger partial charge in [-0.2, -0.15) is 6.67 Å². The summed E-state index contributed by atoms with van der Waals surface area (Å²) in [5.41, 5.74) is 10.7. The summed E-state index contributed by atoms with van der Waals surface area (Å²) in [4.78, 5) is 9.50. The molecule has 0 unspecified atom stereocenters. The Balaban J connectivity index is 0.00000384. The van der Waals surface area contributed by atoms with Crippen molar-refractivity contribution in [3.05, 3.63) is 114 Å². The molecule has 0 fully saturated rings. The van der Waals surface area contributed by atoms with Gasteiger partial charge in [-0.3, -0.25) is 4.98 Å². The Morgan fingerprint density at radius 3 is 2.05 bits per heavy atom. The van der Waals surface area contributed by atoms with Crippen molar-refractivity contribution in [2.75, 3.05) is 16.8 Å². The van der Waals surface area contributed by atoms with Crippen LogP contribution in [-0.4, -0.2) is 21.7 Å². The summed E-state index contributed by atoms with van der Waals surface area (Å²) < 4.78 is 2.20. The van der Waals surface area contributed by atoms with E-state index >= 15 is 0 Å². The number of phenols is 1. The zero-order valence-corrected chi connectivity index (χ0v) is 28.7. The molecule has 5 nitrogen and oxygen atoms in total. The van der Waals surface area contributed by atoms with Gasteiger partial charge in [0.05, 0.1) is 11.3 Å². The molecule has 2 heterocycles. The Kier molecular flexibility index (Phi) is 9.09. The smallest absolute Gasteiger partial charge is 0.507 e. The molecule has 0 spiro atoms. The molecule has 0 atom stereocenters. The summed E-state index contributed by atoms with van der Waals surface area (Å²) in [7, 11) is 2.06. The first-order valence-electron chi connectivity index (χ1n) is 15.2. The Labute approximate surface area is 276 Å². The molecule has 1 aliphatic rings. The maximum absolute atomic E-state index is 11.0. The van der Waals surface area contributed by atoms with Crippen molar-refractivity contribution < 1.29 is 26.2 Å². The Hall–Kier alpha value is -3.82. The second-order valence-corrected chi connectivity index (χ2v) is 12.4. The van der Waals surface area contributed by atoms with E-state index in [9.17, 15) is 5.11 Å². The van der Waals surface area contributed by atoms with Crippen LogP contribution in [0.25, 0.3) is 28.3 Å². The SMILES string of the molecule is CC(C)c1cc(C(C)C)c(-n2cc(-c3[c-]c(N4[CH-]N(C)c5ccccc54)ccc3)nc2-c2ccccc2O)c(C(C)C)c1.[Pt+2]. The van der Waals surface area contributed by atoms with Gasteiger partial charge in [0.15, 0.2) is 0 Å². The van der Waals surface area contributed by atoms with Crippen molar-refractivity contribution in [3.63, 3.8) is 0 Å². The van der Waals surface area contributed by atoms with Gasteiger partial charge in [0.2, 0.25) is 0 Å². The summed E-state index contributed by atoms with van der Waals surface area (Å²) >= 11 is 0. The van der Waals surface area contributed by atoms with E-state index in [-0.39, 0.29) is 26.8 Å². The molecule has 0 aliphatic carbocycles. The van der Waals surface area contributed by atoms with Gasteiger partial charge in [-0.15, -0.1) is 29.8 Å². The van der Waals surface area contributed by atoms with Gasteiger partial charge in [0.25, 0.3) is 0 Å². The summed E-state index contributed by atoms with van der Waals surface area (Å²) in [5, 5.41) is 11.0. The first kappa shape index (κ1) is 31.6. The Morgan fingerprint density at radius 1 is 0.773 bits per heavy atom. The standard InChI is InChI=1S/C38H40N4O.Pt/c1-24(2)28-20-31(25(3)4)37(32(21-28)26(5)6)41-22-33(39-38(41)30-15-8-11-18-36(30)43)27-13-12-14-29(19-27)42-23-40(7)34-16-9-10-17-35(34)42;/h8-18,20-26,43H,1-7H3;/q-2;+2. The van der Waals surface area contributed by atoms with Crippen molar-refractivity contribution in [3.8, 4) is 34.1 Å². The molecular formula is C38H40N4OPt. The van der Waals surface area contributed by atoms with E-state index in [2.05, 4.69) is 136 Å². The molecular weight excluding hydrogens is 724 g/mol. The molecule has 1 aromatic heterocycles. The normalized spacial score (nSPS) is 12.8. The number of hydrogen-bond donors (Lipinski definition) is 1. The number of benzene rings is 4. The monoisotopic (exact) mass is 763 g/mol. The minimum absolute atomic E-state index is 0. The number of imidazole rings is 1. The molecule has 0 bridgehead atoms. The molecule has 5 aromatic rings. The first-order chi connectivity index (χ1) is 20.6. The number of nitrogens with zero attached hydrogens (tertiary/aromatic N) is 4. The molecule has 0 saturated carbocycles. The number of fused-ring (bicyclic) bond motifs is 1. The second-order valence-electron chi connectivity index (χ2n) is 12.4. The number of phenolic OH excluding ortho intramolecular Hbond substituents is 1. The van der Waals surface area contributed by atoms with Gasteiger partial charge in [-0.25, -0.2) is 0 Å². The van der Waals surface area contributed by atoms with Crippen molar-refractivity contribution in [1.82, 2.24) is 9.55 Å². The van der Waals surface area contributed by atoms with Crippen LogP contribution in [0.5, 0.6) is 5.75 Å². The van der Waals surface area contributed by atoms with Crippen LogP contribution in [0.3, 0.4) is 0 Å². The number of aromatic hydroxyl groups is 1. The molecule has 0 radical (unpaired) electrons. The largest absolute Gasteiger partial charge is 2.00 e. The quantitative estimate of drug-likeness (QED) is 0.168. The molecule has 228 valence electrons. The number of anilines is 3. The third kappa shape index (κ3) is 5.70. The fourth-order valence-electron chi connectivity index (χ4n) is 5.93. The van der Waals surface area contributed by atoms with Crippen LogP contribution in [0, 0.1) is 12.7 Å². The van der Waals surface area contributed by atoms with Crippen LogP contribution in [-0.2, 0) is 21.1 Å². The zero-order valence-electron chi connectivity index (χ0n) is 26.4. The average molecular weight is 764 g/mol. The van der Waals surface area contributed by atoms with E-state index in [1.54, 1.807) is 6.07 Å². The van der Waals surface area contributed by atoms with Gasteiger partial charge in [0, 0.05) is 17.1 Å². The van der Waals surface area contributed by atoms with E-state index in [1.165, 1.54) is 16.7 Å². The predicted molar refractivity (Wildman–Crippen MR) is 178 cm³/mol. The second kappa shape index (κ2) is 12.7. The summed E-state index contributed by atoms with van der Waals surface area (Å²) in [6.07, 6.45) is 2.12. The minimum Gasteiger partial charge on any atom is -0.507 e. The molecule has 44 heavy (non-hydrogen) atoms. The van der Waals surface area contributed by atoms with E-state index in [1.807, 2.05) is 18.2 Å². The van der Waals surface area contributed by atoms with E-state index in [0.717, 1.165) is 34.0 Å². The summed E-state index contributed by atoms with van der Waals surface area (Å²) in [5.74, 6) is 1.94. The number of aromatic nitrogens is 2. The molecule has 6 heteroatoms. The fourth-order valence-corrected chi connectivity index (χ4v) is 5.93. The first-order valence-corrected chi connectivity index (χ1v) is 15.2. The van der Waals surface area contributed by atoms with Crippen LogP contribution in [0.15, 0.2) is 85.1 Å². The van der Waals surface area contributed by atoms with Crippen LogP contribution in [0.2, 0.25) is 0 Å². The van der Waals surface area contributed by atoms with Gasteiger partial charge < -0.3 is 19.5 Å². The number of para-hydroxylation sites is 3. The van der Waals surface area contributed by atoms with Crippen LogP contribution >= 0.6 is 0 Å². The molecule has 6 rings (SSSR count). The number of hydrogen-bond acceptors (Lipinski definition) is 4. The molecule has 1 N–H and O–H groups in total. The predicted octanol–water partition coefficient (Wildman–Crippen LogP) is 9.79. The minimum atomic E-state index is 0. The molecule has 0 amide bonds. The maximum Gasteiger partial charge on any atom is 2.00 e. The van der Waals surface area contributed by atoms with Gasteiger partial charge in [0.1, 0.15) is 11.6 Å². The van der Waals surface area contributed by atoms with Gasteiger partial charge in [-0.05, 0) is 72.0 Å². The molecule has 0 saturated heterocycles. The third-order valence-corrected chi connectivity index (χ3v) is 8.32. The van der Waals surface area contributed by atoms with Gasteiger partial charge >= 0.3 is 21.1 Å². The van der Waals surface area contributed by atoms with E-state index in [4.69, 9.17) is 4.98 Å². The Bertz CT molecular complexity index is 1760. The van der Waals surface area contributed by atoms with E-state index in [0.29, 0.717) is 29.1 Å². The Morgan fingerprint density at radius 2 is 1.41 bits per heavy atom. The van der Waals surface area contributed by atoms with Crippen LogP contribution in [0.4, 0.5) is 17.1 Å².